The number of esters is 1. The second-order valence-electron chi connectivity index (χ2n) is 3.86. The number of rotatable bonds is 3. The van der Waals surface area contributed by atoms with Crippen LogP contribution in [0.3, 0.4) is 0 Å². The lowest BCUT2D eigenvalue weighted by Crippen LogP contribution is -2.36. The van der Waals surface area contributed by atoms with Crippen molar-refractivity contribution < 1.29 is 9.53 Å². The zero-order valence-corrected chi connectivity index (χ0v) is 11.3. The van der Waals surface area contributed by atoms with E-state index in [0.717, 1.165) is 9.35 Å². The number of hydrogen-bond acceptors (Lipinski definition) is 4. The Bertz CT molecular complexity index is 362. The number of hydrogen-bond donors (Lipinski definition) is 1. The molecule has 5 heteroatoms. The second-order valence-corrected chi connectivity index (χ2v) is 5.72. The van der Waals surface area contributed by atoms with Gasteiger partial charge in [-0.2, -0.15) is 0 Å². The van der Waals surface area contributed by atoms with E-state index in [4.69, 9.17) is 10.5 Å². The molecule has 0 aliphatic rings. The first-order valence-corrected chi connectivity index (χ1v) is 6.14. The number of halogens is 1. The van der Waals surface area contributed by atoms with Crippen molar-refractivity contribution in [1.82, 2.24) is 0 Å². The van der Waals surface area contributed by atoms with Gasteiger partial charge in [0.1, 0.15) is 0 Å². The van der Waals surface area contributed by atoms with Gasteiger partial charge in [-0.05, 0) is 35.8 Å². The molecule has 3 nitrogen and oxygen atoms in total. The molecule has 0 aliphatic heterocycles. The van der Waals surface area contributed by atoms with E-state index in [1.54, 1.807) is 13.8 Å². The molecule has 1 unspecified atom stereocenters. The highest BCUT2D eigenvalue weighted by atomic mass is 79.9. The highest BCUT2D eigenvalue weighted by Crippen LogP contribution is 2.36. The van der Waals surface area contributed by atoms with Crippen molar-refractivity contribution in [3.63, 3.8) is 0 Å². The van der Waals surface area contributed by atoms with Gasteiger partial charge in [-0.1, -0.05) is 0 Å². The molecular weight excluding hydrogens is 278 g/mol. The number of carbonyl (C=O) groups excluding carboxylic acids is 1. The molecule has 2 N–H and O–H groups in total. The molecule has 1 aromatic heterocycles. The smallest absolute Gasteiger partial charge is 0.313 e. The summed E-state index contributed by atoms with van der Waals surface area (Å²) in [6.07, 6.45) is 0. The minimum Gasteiger partial charge on any atom is -0.469 e. The van der Waals surface area contributed by atoms with Crippen LogP contribution in [0.1, 0.15) is 24.8 Å². The van der Waals surface area contributed by atoms with Crippen LogP contribution in [0.4, 0.5) is 0 Å². The van der Waals surface area contributed by atoms with Crippen molar-refractivity contribution >= 4 is 33.2 Å². The number of ether oxygens (including phenoxy) is 1. The Morgan fingerprint density at radius 1 is 1.67 bits per heavy atom. The van der Waals surface area contributed by atoms with E-state index < -0.39 is 5.41 Å². The third kappa shape index (κ3) is 2.59. The van der Waals surface area contributed by atoms with Gasteiger partial charge < -0.3 is 10.5 Å². The summed E-state index contributed by atoms with van der Waals surface area (Å²) < 4.78 is 5.72. The van der Waals surface area contributed by atoms with Gasteiger partial charge in [0.05, 0.1) is 18.6 Å². The molecule has 1 rings (SSSR count). The molecular formula is C10H14BrNO2S. The zero-order valence-electron chi connectivity index (χ0n) is 8.91. The fraction of sp³-hybridized carbons (Fsp3) is 0.500. The average Bonchev–Trinajstić information content (AvgIpc) is 2.62. The van der Waals surface area contributed by atoms with Gasteiger partial charge in [0.2, 0.25) is 0 Å². The first-order valence-electron chi connectivity index (χ1n) is 4.47. The monoisotopic (exact) mass is 291 g/mol. The number of nitrogens with two attached hydrogens (primary N) is 1. The number of carbonyl (C=O) groups is 1. The molecule has 1 heterocycles. The Kier molecular flexibility index (Phi) is 3.92. The number of methoxy groups -OCH3 is 1. The maximum atomic E-state index is 11.5. The van der Waals surface area contributed by atoms with Gasteiger partial charge in [-0.15, -0.1) is 11.3 Å². The average molecular weight is 292 g/mol. The van der Waals surface area contributed by atoms with Crippen molar-refractivity contribution in [3.8, 4) is 0 Å². The van der Waals surface area contributed by atoms with Crippen molar-refractivity contribution in [2.75, 3.05) is 7.11 Å². The highest BCUT2D eigenvalue weighted by Gasteiger charge is 2.37. The normalized spacial score (nSPS) is 13.7. The van der Waals surface area contributed by atoms with Gasteiger partial charge in [-0.25, -0.2) is 0 Å². The van der Waals surface area contributed by atoms with Crippen molar-refractivity contribution in [2.45, 2.75) is 19.9 Å². The molecule has 1 atom stereocenters. The van der Waals surface area contributed by atoms with Gasteiger partial charge in [0.15, 0.2) is 0 Å². The van der Waals surface area contributed by atoms with Gasteiger partial charge >= 0.3 is 5.97 Å². The third-order valence-corrected chi connectivity index (χ3v) is 4.16. The molecule has 0 aliphatic carbocycles. The van der Waals surface area contributed by atoms with Crippen LogP contribution in [0.25, 0.3) is 0 Å². The standard InChI is InChI=1S/C10H14BrNO2S/c1-10(2,9(13)14-3)8(12)7-4-6(11)5-15-7/h4-5,8H,12H2,1-3H3. The Hall–Kier alpha value is -0.390. The minimum absolute atomic E-state index is 0.292. The van der Waals surface area contributed by atoms with E-state index in [9.17, 15) is 4.79 Å². The topological polar surface area (TPSA) is 52.3 Å². The Balaban J connectivity index is 2.93. The van der Waals surface area contributed by atoms with E-state index in [1.165, 1.54) is 18.4 Å². The van der Waals surface area contributed by atoms with Crippen LogP contribution in [0.15, 0.2) is 15.9 Å². The molecule has 0 spiro atoms. The molecule has 0 fully saturated rings. The van der Waals surface area contributed by atoms with Gasteiger partial charge in [-0.3, -0.25) is 4.79 Å². The van der Waals surface area contributed by atoms with E-state index in [2.05, 4.69) is 15.9 Å². The third-order valence-electron chi connectivity index (χ3n) is 2.38. The lowest BCUT2D eigenvalue weighted by atomic mass is 9.84. The SMILES string of the molecule is COC(=O)C(C)(C)C(N)c1cc(Br)cs1. The van der Waals surface area contributed by atoms with Crippen LogP contribution in [-0.2, 0) is 9.53 Å². The Morgan fingerprint density at radius 2 is 2.27 bits per heavy atom. The molecule has 0 bridgehead atoms. The van der Waals surface area contributed by atoms with E-state index in [1.807, 2.05) is 11.4 Å². The van der Waals surface area contributed by atoms with Gasteiger partial charge in [0, 0.05) is 14.7 Å². The van der Waals surface area contributed by atoms with E-state index in [-0.39, 0.29) is 12.0 Å². The number of thiophene rings is 1. The maximum absolute atomic E-state index is 11.5. The van der Waals surface area contributed by atoms with Crippen LogP contribution in [0.5, 0.6) is 0 Å². The molecule has 15 heavy (non-hydrogen) atoms. The van der Waals surface area contributed by atoms with Crippen LogP contribution >= 0.6 is 27.3 Å². The van der Waals surface area contributed by atoms with Crippen LogP contribution < -0.4 is 5.73 Å². The lowest BCUT2D eigenvalue weighted by molar-refractivity contribution is -0.152. The fourth-order valence-corrected chi connectivity index (χ4v) is 2.87. The van der Waals surface area contributed by atoms with Gasteiger partial charge in [0.25, 0.3) is 0 Å². The molecule has 84 valence electrons. The summed E-state index contributed by atoms with van der Waals surface area (Å²) in [6, 6.07) is 1.58. The predicted octanol–water partition coefficient (Wildman–Crippen LogP) is 2.71. The zero-order chi connectivity index (χ0) is 11.6. The molecule has 0 radical (unpaired) electrons. The fourth-order valence-electron chi connectivity index (χ4n) is 1.24. The highest BCUT2D eigenvalue weighted by molar-refractivity contribution is 9.10. The van der Waals surface area contributed by atoms with Crippen molar-refractivity contribution in [2.24, 2.45) is 11.1 Å². The molecule has 0 saturated carbocycles. The maximum Gasteiger partial charge on any atom is 0.313 e. The summed E-state index contributed by atoms with van der Waals surface area (Å²) in [6.45, 7) is 3.58. The molecule has 0 amide bonds. The summed E-state index contributed by atoms with van der Waals surface area (Å²) in [5.74, 6) is -0.292. The largest absolute Gasteiger partial charge is 0.469 e. The Morgan fingerprint density at radius 3 is 2.67 bits per heavy atom. The quantitative estimate of drug-likeness (QED) is 0.871. The lowest BCUT2D eigenvalue weighted by Gasteiger charge is -2.27. The first-order chi connectivity index (χ1) is 6.89. The Labute approximate surface area is 102 Å². The summed E-state index contributed by atoms with van der Waals surface area (Å²) in [7, 11) is 1.38. The summed E-state index contributed by atoms with van der Waals surface area (Å²) in [4.78, 5) is 12.5. The van der Waals surface area contributed by atoms with Crippen LogP contribution in [0.2, 0.25) is 0 Å². The van der Waals surface area contributed by atoms with E-state index in [0.29, 0.717) is 0 Å². The molecule has 1 aromatic rings. The summed E-state index contributed by atoms with van der Waals surface area (Å²) in [5, 5.41) is 1.95. The van der Waals surface area contributed by atoms with Crippen LogP contribution in [0, 0.1) is 5.41 Å². The molecule has 0 aromatic carbocycles. The summed E-state index contributed by atoms with van der Waals surface area (Å²) in [5.41, 5.74) is 5.34. The van der Waals surface area contributed by atoms with Crippen LogP contribution in [-0.4, -0.2) is 13.1 Å². The first kappa shape index (κ1) is 12.7. The predicted molar refractivity (Wildman–Crippen MR) is 64.7 cm³/mol. The summed E-state index contributed by atoms with van der Waals surface area (Å²) >= 11 is 4.89. The van der Waals surface area contributed by atoms with E-state index >= 15 is 0 Å². The second kappa shape index (κ2) is 4.63. The van der Waals surface area contributed by atoms with Crippen molar-refractivity contribution in [3.05, 3.63) is 20.8 Å². The molecule has 0 saturated heterocycles. The van der Waals surface area contributed by atoms with Crippen molar-refractivity contribution in [1.29, 1.82) is 0 Å². The minimum atomic E-state index is -0.709.